The van der Waals surface area contributed by atoms with Crippen LogP contribution in [-0.4, -0.2) is 41.5 Å². The normalized spacial score (nSPS) is 10.2. The van der Waals surface area contributed by atoms with Crippen LogP contribution in [0, 0.1) is 0 Å². The molecule has 132 valence electrons. The predicted molar refractivity (Wildman–Crippen MR) is 95.9 cm³/mol. The second-order valence-electron chi connectivity index (χ2n) is 5.18. The molecule has 0 bridgehead atoms. The lowest BCUT2D eigenvalue weighted by Crippen LogP contribution is -2.23. The molecule has 25 heavy (non-hydrogen) atoms. The van der Waals surface area contributed by atoms with Crippen LogP contribution in [-0.2, 0) is 4.74 Å². The fourth-order valence-electron chi connectivity index (χ4n) is 2.25. The zero-order valence-corrected chi connectivity index (χ0v) is 14.7. The van der Waals surface area contributed by atoms with E-state index in [9.17, 15) is 9.59 Å². The third-order valence-electron chi connectivity index (χ3n) is 3.61. The first-order chi connectivity index (χ1) is 12.1. The Hall–Kier alpha value is -2.96. The van der Waals surface area contributed by atoms with E-state index in [1.807, 2.05) is 18.7 Å². The van der Waals surface area contributed by atoms with Crippen LogP contribution in [0.15, 0.2) is 36.7 Å². The number of hydrogen-bond donors (Lipinski definition) is 1. The minimum Gasteiger partial charge on any atom is -0.462 e. The lowest BCUT2D eigenvalue weighted by Gasteiger charge is -2.18. The molecule has 0 aliphatic rings. The Kier molecular flexibility index (Phi) is 6.45. The number of ether oxygens (including phenoxy) is 1. The number of carbonyl (C=O) groups excluding carboxylic acids is 2. The fraction of sp³-hybridized carbons (Fsp3) is 0.333. The van der Waals surface area contributed by atoms with Crippen LogP contribution in [0.4, 0.5) is 11.5 Å². The molecule has 1 N–H and O–H groups in total. The van der Waals surface area contributed by atoms with Gasteiger partial charge in [-0.2, -0.15) is 0 Å². The molecule has 0 spiro atoms. The number of amides is 1. The molecule has 0 aliphatic carbocycles. The summed E-state index contributed by atoms with van der Waals surface area (Å²) in [6.07, 6.45) is 3.04. The van der Waals surface area contributed by atoms with E-state index in [2.05, 4.69) is 15.3 Å². The molecule has 1 aromatic heterocycles. The number of nitrogens with one attached hydrogen (secondary N) is 1. The van der Waals surface area contributed by atoms with Crippen molar-refractivity contribution in [2.24, 2.45) is 0 Å². The number of nitrogens with zero attached hydrogens (tertiary/aromatic N) is 3. The minimum atomic E-state index is -0.391. The average Bonchev–Trinajstić information content (AvgIpc) is 2.64. The Balaban J connectivity index is 2.03. The summed E-state index contributed by atoms with van der Waals surface area (Å²) in [7, 11) is 0. The molecule has 0 atom stereocenters. The van der Waals surface area contributed by atoms with Gasteiger partial charge in [0.25, 0.3) is 5.91 Å². The summed E-state index contributed by atoms with van der Waals surface area (Å²) in [5.41, 5.74) is 1.22. The van der Waals surface area contributed by atoms with Crippen LogP contribution >= 0.6 is 0 Å². The van der Waals surface area contributed by atoms with Crippen molar-refractivity contribution < 1.29 is 14.3 Å². The van der Waals surface area contributed by atoms with Gasteiger partial charge in [0.05, 0.1) is 24.6 Å². The molecule has 0 unspecified atom stereocenters. The average molecular weight is 342 g/mol. The Morgan fingerprint density at radius 2 is 1.72 bits per heavy atom. The monoisotopic (exact) mass is 342 g/mol. The minimum absolute atomic E-state index is 0.227. The SMILES string of the molecule is CCOC(=O)c1ccc(NC(=O)c2cnc(N(CC)CC)cn2)cc1. The van der Waals surface area contributed by atoms with E-state index in [1.165, 1.54) is 6.20 Å². The zero-order chi connectivity index (χ0) is 18.2. The van der Waals surface area contributed by atoms with Crippen LogP contribution in [0.3, 0.4) is 0 Å². The molecule has 2 aromatic rings. The molecule has 2 rings (SSSR count). The molecule has 7 nitrogen and oxygen atoms in total. The largest absolute Gasteiger partial charge is 0.462 e. The van der Waals surface area contributed by atoms with Crippen LogP contribution < -0.4 is 10.2 Å². The van der Waals surface area contributed by atoms with E-state index in [1.54, 1.807) is 37.4 Å². The maximum Gasteiger partial charge on any atom is 0.338 e. The van der Waals surface area contributed by atoms with Gasteiger partial charge in [0.2, 0.25) is 0 Å². The molecule has 0 saturated carbocycles. The van der Waals surface area contributed by atoms with Crippen molar-refractivity contribution in [2.45, 2.75) is 20.8 Å². The Morgan fingerprint density at radius 1 is 1.04 bits per heavy atom. The van der Waals surface area contributed by atoms with Crippen LogP contribution in [0.1, 0.15) is 41.6 Å². The summed E-state index contributed by atoms with van der Waals surface area (Å²) in [5, 5.41) is 2.73. The van der Waals surface area contributed by atoms with Gasteiger partial charge < -0.3 is 15.0 Å². The number of benzene rings is 1. The van der Waals surface area contributed by atoms with Crippen LogP contribution in [0.5, 0.6) is 0 Å². The smallest absolute Gasteiger partial charge is 0.338 e. The van der Waals surface area contributed by atoms with Crippen molar-refractivity contribution in [1.29, 1.82) is 0 Å². The number of hydrogen-bond acceptors (Lipinski definition) is 6. The van der Waals surface area contributed by atoms with Crippen molar-refractivity contribution >= 4 is 23.4 Å². The first-order valence-corrected chi connectivity index (χ1v) is 8.24. The quantitative estimate of drug-likeness (QED) is 0.779. The maximum absolute atomic E-state index is 12.2. The number of anilines is 2. The molecule has 0 aliphatic heterocycles. The van der Waals surface area contributed by atoms with Crippen LogP contribution in [0.25, 0.3) is 0 Å². The van der Waals surface area contributed by atoms with Gasteiger partial charge in [-0.3, -0.25) is 4.79 Å². The summed E-state index contributed by atoms with van der Waals surface area (Å²) in [6.45, 7) is 7.78. The second kappa shape index (κ2) is 8.77. The highest BCUT2D eigenvalue weighted by molar-refractivity contribution is 6.03. The van der Waals surface area contributed by atoms with Gasteiger partial charge in [0.15, 0.2) is 0 Å². The Morgan fingerprint density at radius 3 is 2.24 bits per heavy atom. The first kappa shape index (κ1) is 18.4. The first-order valence-electron chi connectivity index (χ1n) is 8.24. The molecule has 7 heteroatoms. The Labute approximate surface area is 147 Å². The topological polar surface area (TPSA) is 84.4 Å². The number of rotatable bonds is 7. The Bertz CT molecular complexity index is 710. The van der Waals surface area contributed by atoms with Crippen molar-refractivity contribution in [3.05, 3.63) is 47.9 Å². The standard InChI is InChI=1S/C18H22N4O3/c1-4-22(5-2)16-12-19-15(11-20-16)17(23)21-14-9-7-13(8-10-14)18(24)25-6-3/h7-12H,4-6H2,1-3H3,(H,21,23). The molecule has 1 aromatic carbocycles. The second-order valence-corrected chi connectivity index (χ2v) is 5.18. The van der Waals surface area contributed by atoms with Crippen LogP contribution in [0.2, 0.25) is 0 Å². The molecule has 0 fully saturated rings. The van der Waals surface area contributed by atoms with Crippen molar-refractivity contribution in [1.82, 2.24) is 9.97 Å². The van der Waals surface area contributed by atoms with E-state index < -0.39 is 5.97 Å². The van der Waals surface area contributed by atoms with E-state index >= 15 is 0 Å². The van der Waals surface area contributed by atoms with Gasteiger partial charge in [-0.15, -0.1) is 0 Å². The van der Waals surface area contributed by atoms with E-state index in [-0.39, 0.29) is 11.6 Å². The lowest BCUT2D eigenvalue weighted by atomic mass is 10.2. The summed E-state index contributed by atoms with van der Waals surface area (Å²) in [5.74, 6) is -0.0129. The zero-order valence-electron chi connectivity index (χ0n) is 14.7. The van der Waals surface area contributed by atoms with Crippen molar-refractivity contribution in [3.63, 3.8) is 0 Å². The number of carbonyl (C=O) groups is 2. The van der Waals surface area contributed by atoms with Gasteiger partial charge in [-0.1, -0.05) is 0 Å². The van der Waals surface area contributed by atoms with E-state index in [0.717, 1.165) is 18.9 Å². The number of aromatic nitrogens is 2. The summed E-state index contributed by atoms with van der Waals surface area (Å²) >= 11 is 0. The number of esters is 1. The summed E-state index contributed by atoms with van der Waals surface area (Å²) in [4.78, 5) is 34.3. The predicted octanol–water partition coefficient (Wildman–Crippen LogP) is 2.75. The van der Waals surface area contributed by atoms with Gasteiger partial charge >= 0.3 is 5.97 Å². The van der Waals surface area contributed by atoms with Crippen molar-refractivity contribution in [2.75, 3.05) is 29.9 Å². The summed E-state index contributed by atoms with van der Waals surface area (Å²) in [6, 6.07) is 6.48. The highest BCUT2D eigenvalue weighted by Gasteiger charge is 2.11. The van der Waals surface area contributed by atoms with E-state index in [4.69, 9.17) is 4.74 Å². The molecule has 0 saturated heterocycles. The molecular formula is C18H22N4O3. The van der Waals surface area contributed by atoms with Gasteiger partial charge in [-0.05, 0) is 45.0 Å². The van der Waals surface area contributed by atoms with Crippen molar-refractivity contribution in [3.8, 4) is 0 Å². The highest BCUT2D eigenvalue weighted by Crippen LogP contribution is 2.13. The summed E-state index contributed by atoms with van der Waals surface area (Å²) < 4.78 is 4.92. The molecular weight excluding hydrogens is 320 g/mol. The third-order valence-corrected chi connectivity index (χ3v) is 3.61. The molecule has 1 amide bonds. The van der Waals surface area contributed by atoms with Gasteiger partial charge in [0, 0.05) is 18.8 Å². The third kappa shape index (κ3) is 4.76. The van der Waals surface area contributed by atoms with Gasteiger partial charge in [0.1, 0.15) is 11.5 Å². The molecule has 1 heterocycles. The van der Waals surface area contributed by atoms with E-state index in [0.29, 0.717) is 17.9 Å². The highest BCUT2D eigenvalue weighted by atomic mass is 16.5. The van der Waals surface area contributed by atoms with Gasteiger partial charge in [-0.25, -0.2) is 14.8 Å². The fourth-order valence-corrected chi connectivity index (χ4v) is 2.25. The lowest BCUT2D eigenvalue weighted by molar-refractivity contribution is 0.0526. The molecule has 0 radical (unpaired) electrons. The maximum atomic E-state index is 12.2.